The first-order chi connectivity index (χ1) is 17.0. The van der Waals surface area contributed by atoms with E-state index in [0.717, 1.165) is 19.3 Å². The molecule has 0 heterocycles. The molecular formula is C28H34N2O5. The molecular weight excluding hydrogens is 444 g/mol. The Hall–Kier alpha value is -3.35. The number of aliphatic carboxylic acids is 1. The second-order valence-corrected chi connectivity index (χ2v) is 9.65. The number of carbonyl (C=O) groups excluding carboxylic acids is 2. The third-order valence-corrected chi connectivity index (χ3v) is 7.32. The third kappa shape index (κ3) is 6.02. The maximum atomic E-state index is 12.7. The number of carboxylic acid groups (broad SMARTS) is 1. The average molecular weight is 479 g/mol. The Balaban J connectivity index is 1.27. The van der Waals surface area contributed by atoms with Gasteiger partial charge in [-0.3, -0.25) is 9.59 Å². The lowest BCUT2D eigenvalue weighted by Gasteiger charge is -2.29. The molecule has 0 saturated heterocycles. The highest BCUT2D eigenvalue weighted by molar-refractivity contribution is 5.80. The van der Waals surface area contributed by atoms with Crippen molar-refractivity contribution < 1.29 is 24.2 Å². The molecule has 2 aromatic rings. The van der Waals surface area contributed by atoms with Gasteiger partial charge in [0.05, 0.1) is 0 Å². The first kappa shape index (κ1) is 24.8. The van der Waals surface area contributed by atoms with E-state index in [9.17, 15) is 14.4 Å². The number of nitrogens with one attached hydrogen (secondary N) is 2. The molecule has 3 atom stereocenters. The van der Waals surface area contributed by atoms with Crippen molar-refractivity contribution in [2.75, 3.05) is 13.2 Å². The molecule has 4 rings (SSSR count). The number of carboxylic acids is 1. The number of hydrogen-bond donors (Lipinski definition) is 3. The van der Waals surface area contributed by atoms with Crippen LogP contribution in [0.2, 0.25) is 0 Å². The van der Waals surface area contributed by atoms with Crippen molar-refractivity contribution >= 4 is 18.0 Å². The van der Waals surface area contributed by atoms with Crippen molar-refractivity contribution in [3.05, 3.63) is 59.7 Å². The lowest BCUT2D eigenvalue weighted by Crippen LogP contribution is -2.43. The molecule has 2 amide bonds. The summed E-state index contributed by atoms with van der Waals surface area (Å²) in [6.45, 7) is 2.55. The predicted molar refractivity (Wildman–Crippen MR) is 133 cm³/mol. The first-order valence-corrected chi connectivity index (χ1v) is 12.6. The number of amides is 2. The molecule has 186 valence electrons. The van der Waals surface area contributed by atoms with Crippen molar-refractivity contribution in [1.82, 2.24) is 10.6 Å². The molecule has 1 saturated carbocycles. The maximum absolute atomic E-state index is 12.7. The molecule has 35 heavy (non-hydrogen) atoms. The van der Waals surface area contributed by atoms with Crippen LogP contribution in [0.25, 0.3) is 11.1 Å². The summed E-state index contributed by atoms with van der Waals surface area (Å²) >= 11 is 0. The van der Waals surface area contributed by atoms with Crippen molar-refractivity contribution in [2.45, 2.75) is 57.4 Å². The van der Waals surface area contributed by atoms with Crippen molar-refractivity contribution in [3.8, 4) is 11.1 Å². The number of rotatable bonds is 9. The van der Waals surface area contributed by atoms with Crippen LogP contribution in [-0.4, -0.2) is 42.3 Å². The SMILES string of the molecule is CCC(CNC(=O)C1CCCC(NC(=O)OCC2c3ccccc3-c3ccccc32)C1)CC(=O)O. The fourth-order valence-electron chi connectivity index (χ4n) is 5.36. The van der Waals surface area contributed by atoms with Gasteiger partial charge in [0, 0.05) is 30.8 Å². The van der Waals surface area contributed by atoms with E-state index in [-0.39, 0.29) is 42.7 Å². The van der Waals surface area contributed by atoms with Gasteiger partial charge < -0.3 is 20.5 Å². The highest BCUT2D eigenvalue weighted by atomic mass is 16.5. The second kappa shape index (κ2) is 11.4. The van der Waals surface area contributed by atoms with Crippen LogP contribution < -0.4 is 10.6 Å². The van der Waals surface area contributed by atoms with Crippen LogP contribution in [0, 0.1) is 11.8 Å². The summed E-state index contributed by atoms with van der Waals surface area (Å²) < 4.78 is 5.66. The lowest BCUT2D eigenvalue weighted by molar-refractivity contribution is -0.138. The molecule has 0 spiro atoms. The second-order valence-electron chi connectivity index (χ2n) is 9.65. The molecule has 7 heteroatoms. The van der Waals surface area contributed by atoms with Crippen LogP contribution in [0.5, 0.6) is 0 Å². The molecule has 3 unspecified atom stereocenters. The minimum Gasteiger partial charge on any atom is -0.481 e. The summed E-state index contributed by atoms with van der Waals surface area (Å²) in [6, 6.07) is 16.3. The van der Waals surface area contributed by atoms with Gasteiger partial charge in [0.25, 0.3) is 0 Å². The van der Waals surface area contributed by atoms with Crippen LogP contribution in [0.4, 0.5) is 4.79 Å². The van der Waals surface area contributed by atoms with E-state index in [1.54, 1.807) is 0 Å². The zero-order valence-corrected chi connectivity index (χ0v) is 20.2. The number of hydrogen-bond acceptors (Lipinski definition) is 4. The Labute approximate surface area is 206 Å². The highest BCUT2D eigenvalue weighted by Gasteiger charge is 2.31. The van der Waals surface area contributed by atoms with E-state index in [0.29, 0.717) is 19.4 Å². The van der Waals surface area contributed by atoms with Crippen molar-refractivity contribution in [2.24, 2.45) is 11.8 Å². The Morgan fingerprint density at radius 1 is 1.03 bits per heavy atom. The summed E-state index contributed by atoms with van der Waals surface area (Å²) in [6.07, 6.45) is 3.28. The molecule has 0 aliphatic heterocycles. The number of fused-ring (bicyclic) bond motifs is 3. The highest BCUT2D eigenvalue weighted by Crippen LogP contribution is 2.44. The van der Waals surface area contributed by atoms with Gasteiger partial charge in [0.15, 0.2) is 0 Å². The van der Waals surface area contributed by atoms with Gasteiger partial charge in [-0.1, -0.05) is 68.3 Å². The van der Waals surface area contributed by atoms with E-state index in [2.05, 4.69) is 34.9 Å². The molecule has 0 bridgehead atoms. The summed E-state index contributed by atoms with van der Waals surface area (Å²) in [5.41, 5.74) is 4.71. The Morgan fingerprint density at radius 2 is 1.69 bits per heavy atom. The Bertz CT molecular complexity index is 1020. The zero-order chi connectivity index (χ0) is 24.8. The Kier molecular flexibility index (Phi) is 8.06. The van der Waals surface area contributed by atoms with Gasteiger partial charge in [0.2, 0.25) is 5.91 Å². The topological polar surface area (TPSA) is 105 Å². The van der Waals surface area contributed by atoms with Crippen molar-refractivity contribution in [3.63, 3.8) is 0 Å². The zero-order valence-electron chi connectivity index (χ0n) is 20.2. The molecule has 2 aliphatic carbocycles. The van der Waals surface area contributed by atoms with Gasteiger partial charge in [0.1, 0.15) is 6.61 Å². The summed E-state index contributed by atoms with van der Waals surface area (Å²) in [5, 5.41) is 14.9. The number of ether oxygens (including phenoxy) is 1. The quantitative estimate of drug-likeness (QED) is 0.485. The normalized spacial score (nSPS) is 19.8. The molecule has 0 radical (unpaired) electrons. The number of benzene rings is 2. The van der Waals surface area contributed by atoms with Crippen LogP contribution in [-0.2, 0) is 14.3 Å². The van der Waals surface area contributed by atoms with E-state index < -0.39 is 12.1 Å². The number of carbonyl (C=O) groups is 3. The molecule has 2 aromatic carbocycles. The third-order valence-electron chi connectivity index (χ3n) is 7.32. The molecule has 1 fully saturated rings. The van der Waals surface area contributed by atoms with Gasteiger partial charge >= 0.3 is 12.1 Å². The van der Waals surface area contributed by atoms with E-state index in [1.807, 2.05) is 31.2 Å². The van der Waals surface area contributed by atoms with Crippen LogP contribution >= 0.6 is 0 Å². The van der Waals surface area contributed by atoms with Gasteiger partial charge in [-0.05, 0) is 47.4 Å². The smallest absolute Gasteiger partial charge is 0.407 e. The minimum atomic E-state index is -0.851. The van der Waals surface area contributed by atoms with E-state index in [1.165, 1.54) is 22.3 Å². The molecule has 2 aliphatic rings. The minimum absolute atomic E-state index is 0.00958. The fourth-order valence-corrected chi connectivity index (χ4v) is 5.36. The lowest BCUT2D eigenvalue weighted by atomic mass is 9.85. The summed E-state index contributed by atoms with van der Waals surface area (Å²) in [5.74, 6) is -1.17. The van der Waals surface area contributed by atoms with Gasteiger partial charge in [-0.2, -0.15) is 0 Å². The van der Waals surface area contributed by atoms with Crippen LogP contribution in [0.3, 0.4) is 0 Å². The van der Waals surface area contributed by atoms with Crippen LogP contribution in [0.15, 0.2) is 48.5 Å². The van der Waals surface area contributed by atoms with E-state index >= 15 is 0 Å². The Morgan fingerprint density at radius 3 is 2.31 bits per heavy atom. The monoisotopic (exact) mass is 478 g/mol. The standard InChI is InChI=1S/C28H34N2O5/c1-2-18(14-26(31)32)16-29-27(33)19-8-7-9-20(15-19)30-28(34)35-17-25-23-12-5-3-10-21(23)22-11-4-6-13-24(22)25/h3-6,10-13,18-20,25H,2,7-9,14-17H2,1H3,(H,29,33)(H,30,34)(H,31,32). The fraction of sp³-hybridized carbons (Fsp3) is 0.464. The van der Waals surface area contributed by atoms with Crippen molar-refractivity contribution in [1.29, 1.82) is 0 Å². The van der Waals surface area contributed by atoms with Gasteiger partial charge in [-0.25, -0.2) is 4.79 Å². The molecule has 0 aromatic heterocycles. The number of alkyl carbamates (subject to hydrolysis) is 1. The summed E-state index contributed by atoms with van der Waals surface area (Å²) in [4.78, 5) is 36.3. The molecule has 7 nitrogen and oxygen atoms in total. The van der Waals surface area contributed by atoms with Crippen LogP contribution in [0.1, 0.15) is 62.5 Å². The average Bonchev–Trinajstić information content (AvgIpc) is 3.18. The first-order valence-electron chi connectivity index (χ1n) is 12.6. The van der Waals surface area contributed by atoms with Gasteiger partial charge in [-0.15, -0.1) is 0 Å². The maximum Gasteiger partial charge on any atom is 0.407 e. The predicted octanol–water partition coefficient (Wildman–Crippen LogP) is 4.70. The summed E-state index contributed by atoms with van der Waals surface area (Å²) in [7, 11) is 0. The molecule has 3 N–H and O–H groups in total. The largest absolute Gasteiger partial charge is 0.481 e. The van der Waals surface area contributed by atoms with E-state index in [4.69, 9.17) is 9.84 Å².